The molecule has 18 heavy (non-hydrogen) atoms. The Morgan fingerprint density at radius 2 is 1.89 bits per heavy atom. The molecule has 5 nitrogen and oxygen atoms in total. The molecule has 6 heteroatoms. The minimum Gasteiger partial charge on any atom is -0.373 e. The van der Waals surface area contributed by atoms with Crippen LogP contribution in [0, 0.1) is 15.9 Å². The van der Waals surface area contributed by atoms with E-state index in [9.17, 15) is 14.5 Å². The molecule has 0 saturated carbocycles. The van der Waals surface area contributed by atoms with E-state index >= 15 is 0 Å². The fourth-order valence-electron chi connectivity index (χ4n) is 1.56. The van der Waals surface area contributed by atoms with Gasteiger partial charge in [0, 0.05) is 18.7 Å². The van der Waals surface area contributed by atoms with Gasteiger partial charge in [-0.3, -0.25) is 10.1 Å². The van der Waals surface area contributed by atoms with Gasteiger partial charge in [0.2, 0.25) is 0 Å². The van der Waals surface area contributed by atoms with Crippen molar-refractivity contribution in [3.05, 3.63) is 52.3 Å². The topological polar surface area (TPSA) is 68.1 Å². The van der Waals surface area contributed by atoms with Crippen molar-refractivity contribution in [3.63, 3.8) is 0 Å². The minimum atomic E-state index is -0.509. The largest absolute Gasteiger partial charge is 0.373 e. The summed E-state index contributed by atoms with van der Waals surface area (Å²) in [6.45, 7) is 0. The van der Waals surface area contributed by atoms with Crippen LogP contribution in [-0.2, 0) is 0 Å². The van der Waals surface area contributed by atoms with Gasteiger partial charge in [-0.05, 0) is 30.3 Å². The van der Waals surface area contributed by atoms with E-state index < -0.39 is 10.7 Å². The SMILES string of the molecule is CNc1ccc([N+](=O)[O-])c(-c2ccc(F)cc2)n1. The summed E-state index contributed by atoms with van der Waals surface area (Å²) in [5.74, 6) is 0.117. The van der Waals surface area contributed by atoms with E-state index in [4.69, 9.17) is 0 Å². The van der Waals surface area contributed by atoms with Gasteiger partial charge in [0.05, 0.1) is 4.92 Å². The Bertz CT molecular complexity index is 584. The molecule has 2 aromatic rings. The summed E-state index contributed by atoms with van der Waals surface area (Å²) < 4.78 is 12.8. The molecule has 0 saturated heterocycles. The fourth-order valence-corrected chi connectivity index (χ4v) is 1.56. The first-order chi connectivity index (χ1) is 8.61. The number of nitrogens with zero attached hydrogens (tertiary/aromatic N) is 2. The first-order valence-electron chi connectivity index (χ1n) is 5.21. The van der Waals surface area contributed by atoms with Crippen molar-refractivity contribution in [1.82, 2.24) is 4.98 Å². The number of benzene rings is 1. The number of rotatable bonds is 3. The van der Waals surface area contributed by atoms with Crippen molar-refractivity contribution in [2.24, 2.45) is 0 Å². The number of nitrogens with one attached hydrogen (secondary N) is 1. The summed E-state index contributed by atoms with van der Waals surface area (Å²) in [6.07, 6.45) is 0. The zero-order valence-corrected chi connectivity index (χ0v) is 9.55. The van der Waals surface area contributed by atoms with Gasteiger partial charge in [0.15, 0.2) is 5.69 Å². The zero-order chi connectivity index (χ0) is 13.1. The molecule has 1 aromatic carbocycles. The van der Waals surface area contributed by atoms with Crippen molar-refractivity contribution in [2.75, 3.05) is 12.4 Å². The van der Waals surface area contributed by atoms with Gasteiger partial charge in [-0.1, -0.05) is 0 Å². The molecule has 0 unspecified atom stereocenters. The van der Waals surface area contributed by atoms with Gasteiger partial charge in [-0.2, -0.15) is 0 Å². The predicted octanol–water partition coefficient (Wildman–Crippen LogP) is 2.84. The molecule has 0 aliphatic rings. The van der Waals surface area contributed by atoms with Crippen molar-refractivity contribution in [2.45, 2.75) is 0 Å². The third kappa shape index (κ3) is 2.27. The number of halogens is 1. The van der Waals surface area contributed by atoms with Gasteiger partial charge in [0.25, 0.3) is 5.69 Å². The monoisotopic (exact) mass is 247 g/mol. The van der Waals surface area contributed by atoms with Crippen LogP contribution in [0.15, 0.2) is 36.4 Å². The molecule has 1 heterocycles. The van der Waals surface area contributed by atoms with E-state index in [1.54, 1.807) is 7.05 Å². The van der Waals surface area contributed by atoms with Crippen molar-refractivity contribution < 1.29 is 9.31 Å². The van der Waals surface area contributed by atoms with Gasteiger partial charge >= 0.3 is 0 Å². The van der Waals surface area contributed by atoms with Crippen LogP contribution in [0.2, 0.25) is 0 Å². The summed E-state index contributed by atoms with van der Waals surface area (Å²) in [7, 11) is 1.67. The molecule has 1 aromatic heterocycles. The maximum Gasteiger partial charge on any atom is 0.295 e. The molecule has 0 fully saturated rings. The van der Waals surface area contributed by atoms with Gasteiger partial charge in [0.1, 0.15) is 11.6 Å². The smallest absolute Gasteiger partial charge is 0.295 e. The molecule has 0 atom stereocenters. The number of hydrogen-bond donors (Lipinski definition) is 1. The summed E-state index contributed by atoms with van der Waals surface area (Å²) in [4.78, 5) is 14.6. The molecule has 0 amide bonds. The summed E-state index contributed by atoms with van der Waals surface area (Å²) in [5.41, 5.74) is 0.604. The van der Waals surface area contributed by atoms with Gasteiger partial charge in [-0.15, -0.1) is 0 Å². The second-order valence-electron chi connectivity index (χ2n) is 3.58. The molecule has 1 N–H and O–H groups in total. The number of pyridine rings is 1. The zero-order valence-electron chi connectivity index (χ0n) is 9.55. The Kier molecular flexibility index (Phi) is 3.18. The lowest BCUT2D eigenvalue weighted by molar-refractivity contribution is -0.384. The molecule has 0 bridgehead atoms. The van der Waals surface area contributed by atoms with E-state index in [0.29, 0.717) is 11.4 Å². The van der Waals surface area contributed by atoms with E-state index in [1.807, 2.05) is 0 Å². The Morgan fingerprint density at radius 1 is 1.22 bits per heavy atom. The minimum absolute atomic E-state index is 0.111. The second kappa shape index (κ2) is 4.79. The molecular formula is C12H10FN3O2. The first kappa shape index (κ1) is 12.0. The molecule has 92 valence electrons. The third-order valence-corrected chi connectivity index (χ3v) is 2.44. The van der Waals surface area contributed by atoms with Crippen LogP contribution in [0.25, 0.3) is 11.3 Å². The molecule has 0 aliphatic heterocycles. The number of nitro groups is 1. The van der Waals surface area contributed by atoms with Crippen LogP contribution in [0.3, 0.4) is 0 Å². The Morgan fingerprint density at radius 3 is 2.44 bits per heavy atom. The summed E-state index contributed by atoms with van der Waals surface area (Å²) in [6, 6.07) is 8.30. The van der Waals surface area contributed by atoms with Crippen LogP contribution in [0.5, 0.6) is 0 Å². The van der Waals surface area contributed by atoms with Crippen molar-refractivity contribution in [3.8, 4) is 11.3 Å². The van der Waals surface area contributed by atoms with Crippen molar-refractivity contribution >= 4 is 11.5 Å². The lowest BCUT2D eigenvalue weighted by atomic mass is 10.1. The molecular weight excluding hydrogens is 237 g/mol. The molecule has 0 aliphatic carbocycles. The van der Waals surface area contributed by atoms with E-state index in [0.717, 1.165) is 0 Å². The van der Waals surface area contributed by atoms with Crippen LogP contribution in [0.4, 0.5) is 15.9 Å². The van der Waals surface area contributed by atoms with Crippen LogP contribution < -0.4 is 5.32 Å². The summed E-state index contributed by atoms with van der Waals surface area (Å²) >= 11 is 0. The highest BCUT2D eigenvalue weighted by Gasteiger charge is 2.17. The Hall–Kier alpha value is -2.50. The van der Waals surface area contributed by atoms with Crippen LogP contribution >= 0.6 is 0 Å². The number of hydrogen-bond acceptors (Lipinski definition) is 4. The molecule has 0 spiro atoms. The lowest BCUT2D eigenvalue weighted by Crippen LogP contribution is -1.98. The van der Waals surface area contributed by atoms with E-state index in [2.05, 4.69) is 10.3 Å². The highest BCUT2D eigenvalue weighted by atomic mass is 19.1. The number of anilines is 1. The highest BCUT2D eigenvalue weighted by Crippen LogP contribution is 2.29. The van der Waals surface area contributed by atoms with E-state index in [-0.39, 0.29) is 11.4 Å². The van der Waals surface area contributed by atoms with Gasteiger partial charge in [-0.25, -0.2) is 9.37 Å². The molecule has 0 radical (unpaired) electrons. The predicted molar refractivity (Wildman–Crippen MR) is 65.8 cm³/mol. The van der Waals surface area contributed by atoms with Crippen LogP contribution in [-0.4, -0.2) is 17.0 Å². The summed E-state index contributed by atoms with van der Waals surface area (Å²) in [5, 5.41) is 13.7. The first-order valence-corrected chi connectivity index (χ1v) is 5.21. The number of aromatic nitrogens is 1. The maximum atomic E-state index is 12.8. The lowest BCUT2D eigenvalue weighted by Gasteiger charge is -2.05. The maximum absolute atomic E-state index is 12.8. The standard InChI is InChI=1S/C12H10FN3O2/c1-14-11-7-6-10(16(17)18)12(15-11)8-2-4-9(13)5-3-8/h2-7H,1H3,(H,14,15). The van der Waals surface area contributed by atoms with E-state index in [1.165, 1.54) is 36.4 Å². The average Bonchev–Trinajstić information content (AvgIpc) is 2.38. The van der Waals surface area contributed by atoms with Crippen LogP contribution in [0.1, 0.15) is 0 Å². The fraction of sp³-hybridized carbons (Fsp3) is 0.0833. The Balaban J connectivity index is 2.59. The molecule has 2 rings (SSSR count). The quantitative estimate of drug-likeness (QED) is 0.668. The Labute approximate surface area is 102 Å². The van der Waals surface area contributed by atoms with Crippen molar-refractivity contribution in [1.29, 1.82) is 0 Å². The highest BCUT2D eigenvalue weighted by molar-refractivity contribution is 5.71. The third-order valence-electron chi connectivity index (χ3n) is 2.44. The second-order valence-corrected chi connectivity index (χ2v) is 3.58. The average molecular weight is 247 g/mol. The normalized spacial score (nSPS) is 10.1. The van der Waals surface area contributed by atoms with Gasteiger partial charge < -0.3 is 5.32 Å².